The van der Waals surface area contributed by atoms with E-state index in [0.717, 1.165) is 24.3 Å². The normalized spacial score (nSPS) is 11.5. The van der Waals surface area contributed by atoms with Crippen molar-refractivity contribution in [1.82, 2.24) is 4.98 Å². The lowest BCUT2D eigenvalue weighted by Crippen LogP contribution is -2.15. The summed E-state index contributed by atoms with van der Waals surface area (Å²) in [6.45, 7) is 1.72. The van der Waals surface area contributed by atoms with E-state index in [9.17, 15) is 17.6 Å². The van der Waals surface area contributed by atoms with E-state index in [1.165, 1.54) is 18.2 Å². The van der Waals surface area contributed by atoms with Crippen LogP contribution in [0.15, 0.2) is 70.0 Å². The number of oxazole rings is 1. The molecule has 0 radical (unpaired) electrons. The summed E-state index contributed by atoms with van der Waals surface area (Å²) in [6.07, 6.45) is 0. The highest BCUT2D eigenvalue weighted by molar-refractivity contribution is 7.92. The fourth-order valence-corrected chi connectivity index (χ4v) is 4.18. The zero-order chi connectivity index (χ0) is 22.2. The third kappa shape index (κ3) is 4.52. The fourth-order valence-electron chi connectivity index (χ4n) is 2.89. The molecular weight excluding hydrogens is 445 g/mol. The molecule has 7 nitrogen and oxygen atoms in total. The Balaban J connectivity index is 1.57. The SMILES string of the molecule is Cc1nc2cc(NC(=O)c3ccc(Cl)c(NS(=O)(=O)c4ccc(F)cc4)c3)ccc2o1. The minimum Gasteiger partial charge on any atom is -0.441 e. The van der Waals surface area contributed by atoms with Crippen LogP contribution in [0.3, 0.4) is 0 Å². The highest BCUT2D eigenvalue weighted by Gasteiger charge is 2.18. The Morgan fingerprint density at radius 2 is 1.81 bits per heavy atom. The Morgan fingerprint density at radius 1 is 1.06 bits per heavy atom. The summed E-state index contributed by atoms with van der Waals surface area (Å²) in [5, 5.41) is 2.82. The van der Waals surface area contributed by atoms with Gasteiger partial charge in [-0.2, -0.15) is 0 Å². The van der Waals surface area contributed by atoms with Crippen molar-refractivity contribution in [2.24, 2.45) is 0 Å². The van der Waals surface area contributed by atoms with Crippen molar-refractivity contribution in [2.75, 3.05) is 10.0 Å². The second kappa shape index (κ2) is 8.01. The van der Waals surface area contributed by atoms with Crippen LogP contribution >= 0.6 is 11.6 Å². The van der Waals surface area contributed by atoms with E-state index in [4.69, 9.17) is 16.0 Å². The molecule has 1 heterocycles. The van der Waals surface area contributed by atoms with Gasteiger partial charge in [-0.25, -0.2) is 17.8 Å². The van der Waals surface area contributed by atoms with Gasteiger partial charge in [-0.1, -0.05) is 11.6 Å². The minimum absolute atomic E-state index is 0.0150. The van der Waals surface area contributed by atoms with E-state index in [-0.39, 0.29) is 21.2 Å². The molecule has 0 spiro atoms. The van der Waals surface area contributed by atoms with Crippen LogP contribution in [-0.2, 0) is 10.0 Å². The Bertz CT molecular complexity index is 1400. The Labute approximate surface area is 181 Å². The summed E-state index contributed by atoms with van der Waals surface area (Å²) in [4.78, 5) is 16.8. The first-order chi connectivity index (χ1) is 14.7. The number of anilines is 2. The average molecular weight is 460 g/mol. The molecule has 0 saturated carbocycles. The van der Waals surface area contributed by atoms with Gasteiger partial charge in [0.1, 0.15) is 11.3 Å². The second-order valence-corrected chi connectivity index (χ2v) is 8.71. The molecule has 0 aliphatic heterocycles. The number of hydrogen-bond donors (Lipinski definition) is 2. The third-order valence-electron chi connectivity index (χ3n) is 4.35. The zero-order valence-electron chi connectivity index (χ0n) is 16.0. The monoisotopic (exact) mass is 459 g/mol. The summed E-state index contributed by atoms with van der Waals surface area (Å²) in [5.74, 6) is -0.526. The smallest absolute Gasteiger partial charge is 0.261 e. The van der Waals surface area contributed by atoms with Crippen molar-refractivity contribution in [3.05, 3.63) is 83.0 Å². The number of aryl methyl sites for hydroxylation is 1. The van der Waals surface area contributed by atoms with Crippen molar-refractivity contribution < 1.29 is 22.0 Å². The number of nitrogens with one attached hydrogen (secondary N) is 2. The highest BCUT2D eigenvalue weighted by atomic mass is 35.5. The molecule has 0 bridgehead atoms. The number of carbonyl (C=O) groups is 1. The van der Waals surface area contributed by atoms with Gasteiger partial charge in [-0.3, -0.25) is 9.52 Å². The third-order valence-corrected chi connectivity index (χ3v) is 6.06. The first kappa shape index (κ1) is 20.8. The van der Waals surface area contributed by atoms with Crippen molar-refractivity contribution >= 4 is 50.0 Å². The lowest BCUT2D eigenvalue weighted by Gasteiger charge is -2.12. The van der Waals surface area contributed by atoms with E-state index in [1.807, 2.05) is 0 Å². The van der Waals surface area contributed by atoms with E-state index in [0.29, 0.717) is 22.7 Å². The summed E-state index contributed by atoms with van der Waals surface area (Å²) in [7, 11) is -4.03. The first-order valence-electron chi connectivity index (χ1n) is 8.98. The lowest BCUT2D eigenvalue weighted by atomic mass is 10.2. The molecule has 0 saturated heterocycles. The largest absolute Gasteiger partial charge is 0.441 e. The number of sulfonamides is 1. The van der Waals surface area contributed by atoms with Gasteiger partial charge in [0.15, 0.2) is 11.5 Å². The van der Waals surface area contributed by atoms with Gasteiger partial charge in [-0.15, -0.1) is 0 Å². The Kier molecular flexibility index (Phi) is 5.38. The van der Waals surface area contributed by atoms with Gasteiger partial charge in [0.05, 0.1) is 15.6 Å². The molecule has 31 heavy (non-hydrogen) atoms. The molecule has 4 rings (SSSR count). The quantitative estimate of drug-likeness (QED) is 0.438. The van der Waals surface area contributed by atoms with Crippen molar-refractivity contribution in [2.45, 2.75) is 11.8 Å². The van der Waals surface area contributed by atoms with Gasteiger partial charge < -0.3 is 9.73 Å². The zero-order valence-corrected chi connectivity index (χ0v) is 17.6. The summed E-state index contributed by atoms with van der Waals surface area (Å²) >= 11 is 6.11. The summed E-state index contributed by atoms with van der Waals surface area (Å²) in [5.41, 5.74) is 1.88. The van der Waals surface area contributed by atoms with E-state index >= 15 is 0 Å². The van der Waals surface area contributed by atoms with Crippen molar-refractivity contribution in [3.8, 4) is 0 Å². The second-order valence-electron chi connectivity index (χ2n) is 6.62. The van der Waals surface area contributed by atoms with Crippen LogP contribution in [0, 0.1) is 12.7 Å². The molecule has 2 N–H and O–H groups in total. The molecule has 1 aromatic heterocycles. The number of rotatable bonds is 5. The molecular formula is C21H15ClFN3O4S. The number of amides is 1. The Hall–Kier alpha value is -3.43. The molecule has 0 aliphatic rings. The van der Waals surface area contributed by atoms with Crippen LogP contribution < -0.4 is 10.0 Å². The maximum atomic E-state index is 13.1. The molecule has 4 aromatic rings. The van der Waals surface area contributed by atoms with Gasteiger partial charge >= 0.3 is 0 Å². The average Bonchev–Trinajstić information content (AvgIpc) is 3.09. The number of benzene rings is 3. The molecule has 158 valence electrons. The summed E-state index contributed by atoms with van der Waals surface area (Å²) < 4.78 is 45.9. The number of nitrogens with zero attached hydrogens (tertiary/aromatic N) is 1. The maximum Gasteiger partial charge on any atom is 0.261 e. The minimum atomic E-state index is -4.03. The van der Waals surface area contributed by atoms with Gasteiger partial charge in [0.2, 0.25) is 0 Å². The fraction of sp³-hybridized carbons (Fsp3) is 0.0476. The molecule has 1 amide bonds. The van der Waals surface area contributed by atoms with Crippen LogP contribution in [0.5, 0.6) is 0 Å². The number of aromatic nitrogens is 1. The molecule has 0 atom stereocenters. The maximum absolute atomic E-state index is 13.1. The first-order valence-corrected chi connectivity index (χ1v) is 10.8. The van der Waals surface area contributed by atoms with Crippen LogP contribution in [0.25, 0.3) is 11.1 Å². The van der Waals surface area contributed by atoms with Crippen molar-refractivity contribution in [3.63, 3.8) is 0 Å². The van der Waals surface area contributed by atoms with Crippen LogP contribution in [0.2, 0.25) is 5.02 Å². The predicted molar refractivity (Wildman–Crippen MR) is 115 cm³/mol. The van der Waals surface area contributed by atoms with Gasteiger partial charge in [-0.05, 0) is 60.7 Å². The van der Waals surface area contributed by atoms with E-state index < -0.39 is 21.7 Å². The number of halogens is 2. The molecule has 0 aliphatic carbocycles. The lowest BCUT2D eigenvalue weighted by molar-refractivity contribution is 0.102. The van der Waals surface area contributed by atoms with Gasteiger partial charge in [0.25, 0.3) is 15.9 Å². The standard InChI is InChI=1S/C21H15ClFN3O4S/c1-12-24-19-11-15(5-9-20(19)30-12)25-21(27)13-2-8-17(22)18(10-13)26-31(28,29)16-6-3-14(23)4-7-16/h2-11,26H,1H3,(H,25,27). The topological polar surface area (TPSA) is 101 Å². The van der Waals surface area contributed by atoms with E-state index in [2.05, 4.69) is 15.0 Å². The van der Waals surface area contributed by atoms with Crippen molar-refractivity contribution in [1.29, 1.82) is 0 Å². The molecule has 0 fully saturated rings. The van der Waals surface area contributed by atoms with Crippen LogP contribution in [0.1, 0.15) is 16.2 Å². The Morgan fingerprint density at radius 3 is 2.55 bits per heavy atom. The molecule has 3 aromatic carbocycles. The van der Waals surface area contributed by atoms with Crippen LogP contribution in [0.4, 0.5) is 15.8 Å². The number of fused-ring (bicyclic) bond motifs is 1. The number of carbonyl (C=O) groups excluding carboxylic acids is 1. The molecule has 0 unspecified atom stereocenters. The van der Waals surface area contributed by atoms with Gasteiger partial charge in [0, 0.05) is 18.2 Å². The number of hydrogen-bond acceptors (Lipinski definition) is 5. The summed E-state index contributed by atoms with van der Waals surface area (Å²) in [6, 6.07) is 13.5. The van der Waals surface area contributed by atoms with Crippen LogP contribution in [-0.4, -0.2) is 19.3 Å². The molecule has 10 heteroatoms. The predicted octanol–water partition coefficient (Wildman–Crippen LogP) is 4.98. The van der Waals surface area contributed by atoms with E-state index in [1.54, 1.807) is 25.1 Å². The highest BCUT2D eigenvalue weighted by Crippen LogP contribution is 2.27.